The third-order valence-corrected chi connectivity index (χ3v) is 12.2. The molecule has 0 aromatic carbocycles. The highest BCUT2D eigenvalue weighted by molar-refractivity contribution is 7.80. The van der Waals surface area contributed by atoms with Crippen LogP contribution < -0.4 is 5.32 Å². The van der Waals surface area contributed by atoms with Gasteiger partial charge in [0.25, 0.3) is 0 Å². The normalized spacial score (nSPS) is 20.8. The van der Waals surface area contributed by atoms with Crippen LogP contribution in [0.2, 0.25) is 0 Å². The van der Waals surface area contributed by atoms with Crippen molar-refractivity contribution in [1.29, 1.82) is 0 Å². The van der Waals surface area contributed by atoms with Crippen LogP contribution in [0.1, 0.15) is 219 Å². The molecule has 360 valence electrons. The molecular formula is C48H91NO11S. The van der Waals surface area contributed by atoms with Gasteiger partial charge in [-0.15, -0.1) is 0 Å². The van der Waals surface area contributed by atoms with E-state index in [0.717, 1.165) is 38.5 Å². The molecule has 1 heterocycles. The van der Waals surface area contributed by atoms with Gasteiger partial charge in [-0.1, -0.05) is 192 Å². The molecule has 13 heteroatoms. The largest absolute Gasteiger partial charge is 0.397 e. The molecule has 7 atom stereocenters. The fourth-order valence-corrected chi connectivity index (χ4v) is 8.37. The van der Waals surface area contributed by atoms with E-state index in [1.54, 1.807) is 6.08 Å². The van der Waals surface area contributed by atoms with Crippen molar-refractivity contribution in [2.24, 2.45) is 0 Å². The number of carbonyl (C=O) groups is 1. The Kier molecular flexibility index (Phi) is 36.8. The lowest BCUT2D eigenvalue weighted by Crippen LogP contribution is -2.61. The predicted molar refractivity (Wildman–Crippen MR) is 245 cm³/mol. The molecule has 0 bridgehead atoms. The van der Waals surface area contributed by atoms with Gasteiger partial charge in [-0.3, -0.25) is 9.35 Å². The molecule has 2 unspecified atom stereocenters. The minimum absolute atomic E-state index is 0.263. The van der Waals surface area contributed by atoms with Crippen LogP contribution in [0.25, 0.3) is 0 Å². The Morgan fingerprint density at radius 2 is 1.05 bits per heavy atom. The van der Waals surface area contributed by atoms with Crippen molar-refractivity contribution in [3.63, 3.8) is 0 Å². The molecule has 1 rings (SSSR count). The monoisotopic (exact) mass is 890 g/mol. The predicted octanol–water partition coefficient (Wildman–Crippen LogP) is 10.1. The summed E-state index contributed by atoms with van der Waals surface area (Å²) in [4.78, 5) is 13.0. The van der Waals surface area contributed by atoms with E-state index in [1.807, 2.05) is 6.08 Å². The number of amides is 1. The van der Waals surface area contributed by atoms with Gasteiger partial charge in [-0.25, -0.2) is 4.18 Å². The number of carbonyl (C=O) groups excluding carboxylic acids is 1. The zero-order valence-electron chi connectivity index (χ0n) is 38.5. The van der Waals surface area contributed by atoms with Crippen molar-refractivity contribution in [1.82, 2.24) is 5.32 Å². The van der Waals surface area contributed by atoms with Crippen LogP contribution in [0.15, 0.2) is 24.3 Å². The molecule has 12 nitrogen and oxygen atoms in total. The molecule has 61 heavy (non-hydrogen) atoms. The molecule has 0 aromatic heterocycles. The highest BCUT2D eigenvalue weighted by Crippen LogP contribution is 2.26. The number of nitrogens with one attached hydrogen (secondary N) is 1. The van der Waals surface area contributed by atoms with Crippen LogP contribution >= 0.6 is 0 Å². The van der Waals surface area contributed by atoms with Gasteiger partial charge in [0.1, 0.15) is 24.4 Å². The molecule has 1 aliphatic rings. The van der Waals surface area contributed by atoms with Crippen LogP contribution in [-0.4, -0.2) is 95.4 Å². The van der Waals surface area contributed by atoms with Crippen molar-refractivity contribution in [2.75, 3.05) is 13.2 Å². The Hall–Kier alpha value is -1.42. The lowest BCUT2D eigenvalue weighted by Gasteiger charge is -2.41. The first-order valence-electron chi connectivity index (χ1n) is 24.7. The molecule has 0 saturated carbocycles. The van der Waals surface area contributed by atoms with E-state index >= 15 is 0 Å². The second-order valence-corrected chi connectivity index (χ2v) is 18.4. The summed E-state index contributed by atoms with van der Waals surface area (Å²) in [5, 5.41) is 44.7. The van der Waals surface area contributed by atoms with Gasteiger partial charge >= 0.3 is 10.4 Å². The summed E-state index contributed by atoms with van der Waals surface area (Å²) in [7, 11) is -5.08. The summed E-state index contributed by atoms with van der Waals surface area (Å²) in [5.41, 5.74) is 0. The third-order valence-electron chi connectivity index (χ3n) is 11.7. The number of unbranched alkanes of at least 4 members (excludes halogenated alkanes) is 28. The lowest BCUT2D eigenvalue weighted by molar-refractivity contribution is -0.298. The lowest BCUT2D eigenvalue weighted by atomic mass is 9.99. The highest BCUT2D eigenvalue weighted by Gasteiger charge is 2.48. The minimum Gasteiger partial charge on any atom is -0.394 e. The zero-order chi connectivity index (χ0) is 44.8. The second kappa shape index (κ2) is 39.0. The van der Waals surface area contributed by atoms with E-state index in [-0.39, 0.29) is 18.9 Å². The summed E-state index contributed by atoms with van der Waals surface area (Å²) >= 11 is 0. The molecule has 1 aliphatic heterocycles. The van der Waals surface area contributed by atoms with Gasteiger partial charge < -0.3 is 35.2 Å². The van der Waals surface area contributed by atoms with E-state index in [2.05, 4.69) is 35.5 Å². The number of hydrogen-bond donors (Lipinski definition) is 6. The van der Waals surface area contributed by atoms with Crippen LogP contribution in [0.4, 0.5) is 0 Å². The quantitative estimate of drug-likeness (QED) is 0.0194. The van der Waals surface area contributed by atoms with Crippen LogP contribution in [0.3, 0.4) is 0 Å². The van der Waals surface area contributed by atoms with Crippen molar-refractivity contribution in [2.45, 2.75) is 262 Å². The molecule has 1 saturated heterocycles. The smallest absolute Gasteiger partial charge is 0.394 e. The van der Waals surface area contributed by atoms with Crippen molar-refractivity contribution < 1.29 is 51.8 Å². The molecule has 6 N–H and O–H groups in total. The summed E-state index contributed by atoms with van der Waals surface area (Å²) in [6, 6.07) is -0.941. The Bertz CT molecular complexity index is 1190. The number of aliphatic hydroxyl groups excluding tert-OH is 4. The van der Waals surface area contributed by atoms with Gasteiger partial charge in [-0.2, -0.15) is 8.42 Å². The first-order chi connectivity index (χ1) is 29.5. The summed E-state index contributed by atoms with van der Waals surface area (Å²) in [6.45, 7) is 3.38. The molecular weight excluding hydrogens is 799 g/mol. The van der Waals surface area contributed by atoms with E-state index in [0.29, 0.717) is 6.42 Å². The maximum Gasteiger partial charge on any atom is 0.397 e. The summed E-state index contributed by atoms with van der Waals surface area (Å²) in [6.07, 6.45) is 36.4. The maximum absolute atomic E-state index is 13.0. The number of aliphatic hydroxyl groups is 4. The summed E-state index contributed by atoms with van der Waals surface area (Å²) in [5.74, 6) is -0.263. The SMILES string of the molecule is CCCCCCCC/C=C\CCCCCCCCCCCCCC(=O)N[C@@H](CO[C@H]1O[C@H](CO)[C@H](O)C(OS(=O)(=O)O)C1O)[C@H](O)/C=C/CCCCCCCCCCCCC. The molecule has 1 fully saturated rings. The first-order valence-corrected chi connectivity index (χ1v) is 26.1. The van der Waals surface area contributed by atoms with Crippen molar-refractivity contribution in [3.8, 4) is 0 Å². The zero-order valence-corrected chi connectivity index (χ0v) is 39.3. The topological polar surface area (TPSA) is 192 Å². The maximum atomic E-state index is 13.0. The Balaban J connectivity index is 2.44. The molecule has 0 aliphatic carbocycles. The first kappa shape index (κ1) is 57.6. The number of hydrogen-bond acceptors (Lipinski definition) is 10. The number of rotatable bonds is 42. The van der Waals surface area contributed by atoms with Gasteiger partial charge in [0, 0.05) is 6.42 Å². The van der Waals surface area contributed by atoms with Crippen molar-refractivity contribution in [3.05, 3.63) is 24.3 Å². The molecule has 0 aromatic rings. The summed E-state index contributed by atoms with van der Waals surface area (Å²) < 4.78 is 47.6. The average Bonchev–Trinajstić information content (AvgIpc) is 3.23. The Labute approximate surface area is 372 Å². The Morgan fingerprint density at radius 3 is 1.48 bits per heavy atom. The molecule has 0 spiro atoms. The van der Waals surface area contributed by atoms with Crippen LogP contribution in [-0.2, 0) is 28.9 Å². The second-order valence-electron chi connectivity index (χ2n) is 17.4. The minimum atomic E-state index is -5.08. The number of ether oxygens (including phenoxy) is 2. The van der Waals surface area contributed by atoms with Gasteiger partial charge in [0.05, 0.1) is 25.4 Å². The molecule has 0 radical (unpaired) electrons. The van der Waals surface area contributed by atoms with Gasteiger partial charge in [0.2, 0.25) is 5.91 Å². The highest BCUT2D eigenvalue weighted by atomic mass is 32.3. The van der Waals surface area contributed by atoms with Crippen LogP contribution in [0.5, 0.6) is 0 Å². The van der Waals surface area contributed by atoms with E-state index < -0.39 is 59.9 Å². The fourth-order valence-electron chi connectivity index (χ4n) is 7.86. The fraction of sp³-hybridized carbons (Fsp3) is 0.896. The van der Waals surface area contributed by atoms with Gasteiger partial charge in [0.15, 0.2) is 6.29 Å². The Morgan fingerprint density at radius 1 is 0.639 bits per heavy atom. The number of allylic oxidation sites excluding steroid dienone is 3. The van der Waals surface area contributed by atoms with Gasteiger partial charge in [-0.05, 0) is 44.9 Å². The average molecular weight is 890 g/mol. The molecule has 1 amide bonds. The van der Waals surface area contributed by atoms with E-state index in [1.165, 1.54) is 154 Å². The van der Waals surface area contributed by atoms with E-state index in [9.17, 15) is 38.2 Å². The third kappa shape index (κ3) is 32.0. The van der Waals surface area contributed by atoms with Crippen LogP contribution in [0, 0.1) is 0 Å². The van der Waals surface area contributed by atoms with Crippen molar-refractivity contribution >= 4 is 16.3 Å². The standard InChI is InChI=1S/C48H91NO11S/c1-3-5-7-9-11-13-15-17-18-19-20-21-22-23-24-26-28-30-32-34-36-38-44(52)49-41(42(51)37-35-33-31-29-27-25-16-14-12-10-8-6-4-2)40-58-48-46(54)47(60-61(55,56)57)45(53)43(39-50)59-48/h17-18,35,37,41-43,45-48,50-51,53-54H,3-16,19-34,36,38-40H2,1-2H3,(H,49,52)(H,55,56,57)/b18-17-,37-35+/t41-,42+,43+,45-,46?,47?,48-/m0/s1. The van der Waals surface area contributed by atoms with E-state index in [4.69, 9.17) is 9.47 Å².